The fourth-order valence-corrected chi connectivity index (χ4v) is 4.89. The first-order chi connectivity index (χ1) is 23.2. The van der Waals surface area contributed by atoms with Crippen molar-refractivity contribution < 1.29 is 37.2 Å². The molecule has 49 heavy (non-hydrogen) atoms. The zero-order valence-electron chi connectivity index (χ0n) is 27.5. The average molecular weight is 702 g/mol. The third-order valence-electron chi connectivity index (χ3n) is 7.37. The van der Waals surface area contributed by atoms with Crippen LogP contribution in [0.2, 0.25) is 0 Å². The molecule has 0 amide bonds. The first-order valence-corrected chi connectivity index (χ1v) is 15.5. The van der Waals surface area contributed by atoms with Gasteiger partial charge in [0.2, 0.25) is 11.8 Å². The summed E-state index contributed by atoms with van der Waals surface area (Å²) in [4.78, 5) is 8.60. The maximum absolute atomic E-state index is 10.6. The summed E-state index contributed by atoms with van der Waals surface area (Å²) in [6, 6.07) is 32.5. The Bertz CT molecular complexity index is 1890. The van der Waals surface area contributed by atoms with Gasteiger partial charge in [-0.3, -0.25) is 9.98 Å². The van der Waals surface area contributed by atoms with E-state index in [-0.39, 0.29) is 51.9 Å². The normalized spacial score (nSPS) is 11.2. The van der Waals surface area contributed by atoms with Gasteiger partial charge in [0.1, 0.15) is 22.9 Å². The van der Waals surface area contributed by atoms with E-state index >= 15 is 0 Å². The fourth-order valence-electron chi connectivity index (χ4n) is 4.89. The van der Waals surface area contributed by atoms with E-state index in [1.807, 2.05) is 88.4 Å². The van der Waals surface area contributed by atoms with Crippen molar-refractivity contribution in [1.29, 1.82) is 0 Å². The van der Waals surface area contributed by atoms with Crippen LogP contribution in [-0.2, 0) is 16.8 Å². The van der Waals surface area contributed by atoms with Gasteiger partial charge in [-0.15, -0.1) is 0 Å². The molecule has 0 fully saturated rings. The van der Waals surface area contributed by atoms with Gasteiger partial charge in [-0.2, -0.15) is 10.2 Å². The minimum atomic E-state index is 0. The van der Waals surface area contributed by atoms with Crippen molar-refractivity contribution in [1.82, 2.24) is 19.6 Å². The third-order valence-corrected chi connectivity index (χ3v) is 7.37. The van der Waals surface area contributed by atoms with Gasteiger partial charge in [0.05, 0.1) is 33.9 Å². The van der Waals surface area contributed by atoms with Crippen LogP contribution in [0.25, 0.3) is 11.4 Å². The van der Waals surface area contributed by atoms with Crippen molar-refractivity contribution in [3.05, 3.63) is 132 Å². The topological polar surface area (TPSA) is 141 Å². The summed E-state index contributed by atoms with van der Waals surface area (Å²) in [6.45, 7) is 8.03. The van der Waals surface area contributed by atoms with Crippen LogP contribution in [0.5, 0.6) is 23.3 Å². The number of phenolic OH excluding ortho intramolecular Hbond substituents is 2. The zero-order chi connectivity index (χ0) is 34.2. The molecule has 6 aromatic rings. The van der Waals surface area contributed by atoms with Gasteiger partial charge in [0, 0.05) is 12.4 Å². The molecule has 0 atom stereocenters. The molecule has 6 rings (SSSR count). The number of para-hydroxylation sites is 6. The molecule has 4 aromatic carbocycles. The molecule has 251 valence electrons. The van der Waals surface area contributed by atoms with Crippen LogP contribution in [0.3, 0.4) is 0 Å². The zero-order valence-corrected chi connectivity index (χ0v) is 28.5. The molecule has 0 bridgehead atoms. The number of aliphatic imine (C=N–C) groups is 2. The molecule has 0 aliphatic heterocycles. The van der Waals surface area contributed by atoms with Gasteiger partial charge in [-0.05, 0) is 60.4 Å². The Morgan fingerprint density at radius 1 is 0.510 bits per heavy atom. The molecule has 0 spiro atoms. The van der Waals surface area contributed by atoms with E-state index in [1.165, 1.54) is 9.36 Å². The Morgan fingerprint density at radius 2 is 0.837 bits per heavy atom. The summed E-state index contributed by atoms with van der Waals surface area (Å²) in [7, 11) is 0. The summed E-state index contributed by atoms with van der Waals surface area (Å²) < 4.78 is 3.00. The summed E-state index contributed by atoms with van der Waals surface area (Å²) in [5.74, 6) is 0.482. The Hall–Kier alpha value is -5.65. The van der Waals surface area contributed by atoms with E-state index in [9.17, 15) is 20.4 Å². The first kappa shape index (κ1) is 36.2. The standard InChI is InChI=1S/2C19H19N3O2.Co/c2*1-13(2)18-15(12-20-16-10-6-7-11-17(16)23)19(24)22(21-18)14-8-4-3-5-9-14;/h2*3-13,23-24H,1-2H3;/q;;+2. The summed E-state index contributed by atoms with van der Waals surface area (Å²) in [5, 5.41) is 49.9. The van der Waals surface area contributed by atoms with E-state index in [4.69, 9.17) is 0 Å². The Kier molecular flexibility index (Phi) is 12.1. The van der Waals surface area contributed by atoms with Gasteiger partial charge in [0.25, 0.3) is 0 Å². The van der Waals surface area contributed by atoms with Crippen molar-refractivity contribution in [2.45, 2.75) is 39.5 Å². The van der Waals surface area contributed by atoms with Crippen LogP contribution < -0.4 is 0 Å². The molecule has 11 heteroatoms. The number of nitrogens with zero attached hydrogens (tertiary/aromatic N) is 6. The molecule has 0 aliphatic carbocycles. The molecule has 2 heterocycles. The molecule has 0 aliphatic rings. The number of aromatic nitrogens is 4. The monoisotopic (exact) mass is 701 g/mol. The second-order valence-electron chi connectivity index (χ2n) is 11.5. The predicted molar refractivity (Wildman–Crippen MR) is 189 cm³/mol. The van der Waals surface area contributed by atoms with Crippen LogP contribution in [0.15, 0.2) is 119 Å². The Balaban J connectivity index is 0.000000216. The Labute approximate surface area is 295 Å². The quantitative estimate of drug-likeness (QED) is 0.118. The summed E-state index contributed by atoms with van der Waals surface area (Å²) >= 11 is 0. The number of rotatable bonds is 8. The van der Waals surface area contributed by atoms with Gasteiger partial charge in [0.15, 0.2) is 0 Å². The minimum Gasteiger partial charge on any atom is -0.506 e. The number of hydrogen-bond donors (Lipinski definition) is 4. The second-order valence-corrected chi connectivity index (χ2v) is 11.5. The van der Waals surface area contributed by atoms with Crippen molar-refractivity contribution >= 4 is 23.8 Å². The van der Waals surface area contributed by atoms with Crippen molar-refractivity contribution in [2.24, 2.45) is 9.98 Å². The van der Waals surface area contributed by atoms with Gasteiger partial charge in [-0.25, -0.2) is 9.36 Å². The van der Waals surface area contributed by atoms with Crippen LogP contribution >= 0.6 is 0 Å². The van der Waals surface area contributed by atoms with Crippen molar-refractivity contribution in [3.63, 3.8) is 0 Å². The van der Waals surface area contributed by atoms with E-state index in [0.717, 1.165) is 22.8 Å². The second kappa shape index (κ2) is 16.4. The molecule has 0 unspecified atom stereocenters. The summed E-state index contributed by atoms with van der Waals surface area (Å²) in [5.41, 5.74) is 5.04. The molecule has 4 N–H and O–H groups in total. The van der Waals surface area contributed by atoms with E-state index in [1.54, 1.807) is 61.0 Å². The summed E-state index contributed by atoms with van der Waals surface area (Å²) in [6.07, 6.45) is 3.10. The number of hydrogen-bond acceptors (Lipinski definition) is 8. The van der Waals surface area contributed by atoms with Crippen LogP contribution in [0.1, 0.15) is 62.0 Å². The maximum atomic E-state index is 10.6. The first-order valence-electron chi connectivity index (χ1n) is 15.5. The number of phenols is 2. The minimum absolute atomic E-state index is 0. The molecule has 2 aromatic heterocycles. The van der Waals surface area contributed by atoms with Gasteiger partial charge in [-0.1, -0.05) is 88.4 Å². The maximum Gasteiger partial charge on any atom is 2.00 e. The SMILES string of the molecule is CC(C)c1nn(-c2ccccc2)c(O)c1C=Nc1ccccc1O.CC(C)c1nn(-c2ccccc2)c(O)c1C=Nc1ccccc1O.[Co+2]. The Morgan fingerprint density at radius 3 is 1.16 bits per heavy atom. The van der Waals surface area contributed by atoms with E-state index in [2.05, 4.69) is 20.2 Å². The van der Waals surface area contributed by atoms with E-state index in [0.29, 0.717) is 22.5 Å². The molecular formula is C38H38CoN6O4+2. The molecule has 0 saturated carbocycles. The smallest absolute Gasteiger partial charge is 0.506 e. The van der Waals surface area contributed by atoms with Crippen molar-refractivity contribution in [2.75, 3.05) is 0 Å². The average Bonchev–Trinajstić information content (AvgIpc) is 3.61. The molecule has 1 radical (unpaired) electrons. The van der Waals surface area contributed by atoms with Gasteiger partial charge >= 0.3 is 16.8 Å². The molecular weight excluding hydrogens is 663 g/mol. The van der Waals surface area contributed by atoms with Crippen LogP contribution in [0.4, 0.5) is 11.4 Å². The molecule has 0 saturated heterocycles. The van der Waals surface area contributed by atoms with Gasteiger partial charge < -0.3 is 20.4 Å². The van der Waals surface area contributed by atoms with Crippen LogP contribution in [-0.4, -0.2) is 52.4 Å². The number of benzene rings is 4. The van der Waals surface area contributed by atoms with Crippen molar-refractivity contribution in [3.8, 4) is 34.6 Å². The predicted octanol–water partition coefficient (Wildman–Crippen LogP) is 8.31. The largest absolute Gasteiger partial charge is 2.00 e. The number of aromatic hydroxyl groups is 4. The fraction of sp³-hybridized carbons (Fsp3) is 0.158. The van der Waals surface area contributed by atoms with Crippen LogP contribution in [0, 0.1) is 0 Å². The van der Waals surface area contributed by atoms with E-state index < -0.39 is 0 Å². The third kappa shape index (κ3) is 8.45. The molecule has 10 nitrogen and oxygen atoms in total.